The van der Waals surface area contributed by atoms with Crippen LogP contribution in [0, 0.1) is 5.41 Å². The van der Waals surface area contributed by atoms with Gasteiger partial charge >= 0.3 is 0 Å². The van der Waals surface area contributed by atoms with Crippen LogP contribution in [0.1, 0.15) is 35.7 Å². The maximum absolute atomic E-state index is 10.3. The number of nitrogens with two attached hydrogens (primary N) is 1. The van der Waals surface area contributed by atoms with E-state index >= 15 is 0 Å². The minimum atomic E-state index is -0.127. The van der Waals surface area contributed by atoms with Gasteiger partial charge in [0, 0.05) is 54.5 Å². The lowest BCUT2D eigenvalue weighted by Gasteiger charge is -2.43. The number of rotatable bonds is 3. The van der Waals surface area contributed by atoms with Gasteiger partial charge in [-0.25, -0.2) is 4.98 Å². The van der Waals surface area contributed by atoms with Crippen molar-refractivity contribution in [3.63, 3.8) is 0 Å². The second-order valence-corrected chi connectivity index (χ2v) is 10.1. The molecule has 1 atom stereocenters. The van der Waals surface area contributed by atoms with Crippen LogP contribution in [0.5, 0.6) is 0 Å². The Bertz CT molecular complexity index is 1390. The Morgan fingerprint density at radius 3 is 2.68 bits per heavy atom. The second kappa shape index (κ2) is 8.24. The van der Waals surface area contributed by atoms with Gasteiger partial charge in [-0.3, -0.25) is 9.38 Å². The van der Waals surface area contributed by atoms with Crippen molar-refractivity contribution in [2.45, 2.75) is 31.9 Å². The molecule has 1 fully saturated rings. The smallest absolute Gasteiger partial charge is 0.146 e. The first kappa shape index (κ1) is 21.9. The molecule has 3 N–H and O–H groups in total. The van der Waals surface area contributed by atoms with Crippen molar-refractivity contribution in [1.82, 2.24) is 14.4 Å². The Labute approximate surface area is 208 Å². The van der Waals surface area contributed by atoms with Crippen LogP contribution < -0.4 is 10.6 Å². The molecule has 0 amide bonds. The molecule has 4 aromatic rings. The highest BCUT2D eigenvalue weighted by Gasteiger charge is 2.46. The molecule has 1 aromatic carbocycles. The van der Waals surface area contributed by atoms with Crippen LogP contribution in [-0.2, 0) is 13.0 Å². The van der Waals surface area contributed by atoms with Gasteiger partial charge in [-0.15, -0.1) is 0 Å². The van der Waals surface area contributed by atoms with Crippen molar-refractivity contribution >= 4 is 34.7 Å². The Balaban J connectivity index is 1.37. The quantitative estimate of drug-likeness (QED) is 0.417. The van der Waals surface area contributed by atoms with Gasteiger partial charge in [0.05, 0.1) is 16.7 Å². The minimum Gasteiger partial charge on any atom is -0.392 e. The summed E-state index contributed by atoms with van der Waals surface area (Å²) in [6.45, 7) is 1.62. The van der Waals surface area contributed by atoms with Gasteiger partial charge in [0.15, 0.2) is 0 Å². The molecule has 6 nitrogen and oxygen atoms in total. The van der Waals surface area contributed by atoms with E-state index in [1.165, 1.54) is 5.56 Å². The number of hydrogen-bond donors (Lipinski definition) is 2. The number of piperidine rings is 1. The molecule has 2 aliphatic rings. The number of hydrogen-bond acceptors (Lipinski definition) is 5. The van der Waals surface area contributed by atoms with E-state index in [-0.39, 0.29) is 18.1 Å². The summed E-state index contributed by atoms with van der Waals surface area (Å²) >= 11 is 12.9. The van der Waals surface area contributed by atoms with Crippen molar-refractivity contribution in [2.24, 2.45) is 11.1 Å². The van der Waals surface area contributed by atoms with E-state index in [4.69, 9.17) is 28.9 Å². The number of halogens is 2. The molecule has 0 unspecified atom stereocenters. The van der Waals surface area contributed by atoms with Crippen LogP contribution in [0.4, 0.5) is 5.82 Å². The lowest BCUT2D eigenvalue weighted by molar-refractivity contribution is 0.186. The number of aliphatic hydroxyl groups excluding tert-OH is 1. The van der Waals surface area contributed by atoms with Crippen LogP contribution >= 0.6 is 23.2 Å². The summed E-state index contributed by atoms with van der Waals surface area (Å²) in [6.07, 6.45) is 8.50. The number of pyridine rings is 2. The van der Waals surface area contributed by atoms with Crippen molar-refractivity contribution in [1.29, 1.82) is 0 Å². The number of aromatic nitrogens is 3. The van der Waals surface area contributed by atoms with E-state index < -0.39 is 0 Å². The number of anilines is 1. The largest absolute Gasteiger partial charge is 0.392 e. The van der Waals surface area contributed by atoms with Gasteiger partial charge in [0.25, 0.3) is 0 Å². The average Bonchev–Trinajstić information content (AvgIpc) is 3.44. The average molecular weight is 494 g/mol. The molecule has 3 aromatic heterocycles. The number of nitrogens with zero attached hydrogens (tertiary/aromatic N) is 4. The Morgan fingerprint density at radius 1 is 1.09 bits per heavy atom. The molecule has 1 aliphatic carbocycles. The SMILES string of the molecule is N[C@@H]1c2cccnc2CC12CCN(c1cc(CO)c(-c3cccc(Cl)c3Cl)c3nccn13)CC2. The van der Waals surface area contributed by atoms with E-state index in [1.54, 1.807) is 12.3 Å². The highest BCUT2D eigenvalue weighted by molar-refractivity contribution is 6.43. The number of benzene rings is 1. The fourth-order valence-electron chi connectivity index (χ4n) is 5.80. The fourth-order valence-corrected chi connectivity index (χ4v) is 6.19. The molecular weight excluding hydrogens is 469 g/mol. The third kappa shape index (κ3) is 3.24. The number of imidazole rings is 1. The molecule has 0 radical (unpaired) electrons. The molecule has 0 bridgehead atoms. The summed E-state index contributed by atoms with van der Waals surface area (Å²) in [4.78, 5) is 11.6. The predicted octanol–water partition coefficient (Wildman–Crippen LogP) is 5.04. The number of aliphatic hydroxyl groups is 1. The minimum absolute atomic E-state index is 0.0203. The van der Waals surface area contributed by atoms with Crippen molar-refractivity contribution in [3.8, 4) is 11.1 Å². The van der Waals surface area contributed by atoms with Crippen molar-refractivity contribution in [3.05, 3.63) is 81.9 Å². The molecule has 0 saturated carbocycles. The highest BCUT2D eigenvalue weighted by atomic mass is 35.5. The first-order valence-corrected chi connectivity index (χ1v) is 12.3. The first-order valence-electron chi connectivity index (χ1n) is 11.5. The van der Waals surface area contributed by atoms with E-state index in [2.05, 4.69) is 25.3 Å². The first-order chi connectivity index (χ1) is 16.5. The summed E-state index contributed by atoms with van der Waals surface area (Å²) in [5.41, 5.74) is 12.2. The summed E-state index contributed by atoms with van der Waals surface area (Å²) in [6, 6.07) is 11.7. The topological polar surface area (TPSA) is 79.7 Å². The molecule has 1 saturated heterocycles. The highest BCUT2D eigenvalue weighted by Crippen LogP contribution is 2.50. The normalized spacial score (nSPS) is 19.2. The van der Waals surface area contributed by atoms with Crippen molar-refractivity contribution < 1.29 is 5.11 Å². The van der Waals surface area contributed by atoms with Gasteiger partial charge in [-0.1, -0.05) is 41.4 Å². The molecule has 174 valence electrons. The molecule has 1 spiro atoms. The second-order valence-electron chi connectivity index (χ2n) is 9.33. The fraction of sp³-hybridized carbons (Fsp3) is 0.308. The lowest BCUT2D eigenvalue weighted by atomic mass is 9.73. The summed E-state index contributed by atoms with van der Waals surface area (Å²) in [7, 11) is 0. The van der Waals surface area contributed by atoms with E-state index in [0.29, 0.717) is 10.0 Å². The maximum Gasteiger partial charge on any atom is 0.146 e. The zero-order valence-corrected chi connectivity index (χ0v) is 20.1. The van der Waals surface area contributed by atoms with Gasteiger partial charge in [0.1, 0.15) is 11.5 Å². The lowest BCUT2D eigenvalue weighted by Crippen LogP contribution is -2.44. The monoisotopic (exact) mass is 493 g/mol. The van der Waals surface area contributed by atoms with E-state index in [1.807, 2.05) is 36.7 Å². The molecule has 4 heterocycles. The summed E-state index contributed by atoms with van der Waals surface area (Å²) < 4.78 is 2.08. The van der Waals surface area contributed by atoms with Crippen LogP contribution in [0.15, 0.2) is 55.0 Å². The zero-order chi connectivity index (χ0) is 23.4. The molecular formula is C26H25Cl2N5O. The van der Waals surface area contributed by atoms with Crippen molar-refractivity contribution in [2.75, 3.05) is 18.0 Å². The van der Waals surface area contributed by atoms with Crippen LogP contribution in [0.3, 0.4) is 0 Å². The molecule has 34 heavy (non-hydrogen) atoms. The maximum atomic E-state index is 10.3. The van der Waals surface area contributed by atoms with Crippen LogP contribution in [0.25, 0.3) is 16.8 Å². The Hall–Kier alpha value is -2.64. The van der Waals surface area contributed by atoms with Gasteiger partial charge in [-0.2, -0.15) is 0 Å². The summed E-state index contributed by atoms with van der Waals surface area (Å²) in [5.74, 6) is 1.01. The Morgan fingerprint density at radius 2 is 1.91 bits per heavy atom. The third-order valence-electron chi connectivity index (χ3n) is 7.65. The zero-order valence-electron chi connectivity index (χ0n) is 18.6. The summed E-state index contributed by atoms with van der Waals surface area (Å²) in [5, 5.41) is 11.2. The Kier molecular flexibility index (Phi) is 5.30. The number of fused-ring (bicyclic) bond motifs is 2. The van der Waals surface area contributed by atoms with E-state index in [0.717, 1.165) is 66.2 Å². The molecule has 1 aliphatic heterocycles. The molecule has 6 rings (SSSR count). The third-order valence-corrected chi connectivity index (χ3v) is 8.47. The predicted molar refractivity (Wildman–Crippen MR) is 135 cm³/mol. The van der Waals surface area contributed by atoms with Crippen LogP contribution in [-0.4, -0.2) is 32.6 Å². The van der Waals surface area contributed by atoms with Gasteiger partial charge < -0.3 is 15.7 Å². The van der Waals surface area contributed by atoms with E-state index in [9.17, 15) is 5.11 Å². The van der Waals surface area contributed by atoms with Crippen LogP contribution in [0.2, 0.25) is 10.0 Å². The van der Waals surface area contributed by atoms with Gasteiger partial charge in [0.2, 0.25) is 0 Å². The van der Waals surface area contributed by atoms with Gasteiger partial charge in [-0.05, 0) is 54.0 Å². The standard InChI is InChI=1S/C26H25Cl2N5O/c27-19-5-1-3-18(23(19)28)22-16(15-34)13-21(33-12-9-31-25(22)33)32-10-6-26(7-11-32)14-20-17(24(26)29)4-2-8-30-20/h1-5,8-9,12-13,24,34H,6-7,10-11,14-15,29H2/t24-/m1/s1. The molecule has 8 heteroatoms.